The summed E-state index contributed by atoms with van der Waals surface area (Å²) in [6.07, 6.45) is -4.48. The van der Waals surface area contributed by atoms with Gasteiger partial charge in [-0.05, 0) is 19.9 Å². The van der Waals surface area contributed by atoms with Crippen LogP contribution in [0.1, 0.15) is 12.8 Å². The van der Waals surface area contributed by atoms with Crippen LogP contribution < -0.4 is 5.32 Å². The van der Waals surface area contributed by atoms with Crippen LogP contribution in [0.4, 0.5) is 13.2 Å². The molecule has 0 aliphatic carbocycles. The van der Waals surface area contributed by atoms with Gasteiger partial charge in [0.15, 0.2) is 0 Å². The van der Waals surface area contributed by atoms with Gasteiger partial charge in [-0.3, -0.25) is 0 Å². The number of sulfonamides is 1. The average Bonchev–Trinajstić information content (AvgIpc) is 2.25. The maximum Gasteiger partial charge on any atom is 0.391 e. The van der Waals surface area contributed by atoms with Crippen LogP contribution in [0.5, 0.6) is 0 Å². The second-order valence-electron chi connectivity index (χ2n) is 4.13. The second kappa shape index (κ2) is 5.53. The Hall–Kier alpha value is -0.340. The maximum atomic E-state index is 12.4. The summed E-state index contributed by atoms with van der Waals surface area (Å²) in [4.78, 5) is 0. The Bertz CT molecular complexity index is 335. The van der Waals surface area contributed by atoms with E-state index in [9.17, 15) is 21.6 Å². The van der Waals surface area contributed by atoms with Crippen molar-refractivity contribution in [1.29, 1.82) is 0 Å². The van der Waals surface area contributed by atoms with Crippen LogP contribution in [0.25, 0.3) is 0 Å². The number of rotatable bonds is 4. The van der Waals surface area contributed by atoms with Crippen LogP contribution in [0.3, 0.4) is 0 Å². The Kier molecular flexibility index (Phi) is 4.79. The lowest BCUT2D eigenvalue weighted by Crippen LogP contribution is -2.43. The normalized spacial score (nSPS) is 20.7. The van der Waals surface area contributed by atoms with Crippen molar-refractivity contribution in [2.45, 2.75) is 19.0 Å². The molecule has 0 aromatic carbocycles. The van der Waals surface area contributed by atoms with Crippen LogP contribution in [0, 0.1) is 5.92 Å². The molecule has 1 rings (SSSR count). The highest BCUT2D eigenvalue weighted by Gasteiger charge is 2.42. The van der Waals surface area contributed by atoms with E-state index in [0.29, 0.717) is 6.54 Å². The van der Waals surface area contributed by atoms with Crippen LogP contribution in [0.15, 0.2) is 0 Å². The first-order chi connectivity index (χ1) is 7.77. The van der Waals surface area contributed by atoms with Gasteiger partial charge in [-0.2, -0.15) is 13.2 Å². The van der Waals surface area contributed by atoms with Crippen molar-refractivity contribution in [1.82, 2.24) is 9.62 Å². The number of alkyl halides is 3. The first kappa shape index (κ1) is 14.7. The minimum atomic E-state index is -4.21. The molecule has 1 aliphatic heterocycles. The molecule has 4 nitrogen and oxygen atoms in total. The van der Waals surface area contributed by atoms with Gasteiger partial charge in [0.25, 0.3) is 0 Å². The van der Waals surface area contributed by atoms with Gasteiger partial charge in [-0.15, -0.1) is 0 Å². The lowest BCUT2D eigenvalue weighted by atomic mass is 9.98. The molecule has 0 radical (unpaired) electrons. The zero-order valence-corrected chi connectivity index (χ0v) is 10.4. The van der Waals surface area contributed by atoms with Crippen LogP contribution in [0.2, 0.25) is 0 Å². The first-order valence-electron chi connectivity index (χ1n) is 5.46. The largest absolute Gasteiger partial charge is 0.391 e. The van der Waals surface area contributed by atoms with Gasteiger partial charge in [0, 0.05) is 19.6 Å². The van der Waals surface area contributed by atoms with Crippen molar-refractivity contribution in [3.63, 3.8) is 0 Å². The van der Waals surface area contributed by atoms with E-state index in [1.54, 1.807) is 7.05 Å². The summed E-state index contributed by atoms with van der Waals surface area (Å²) < 4.78 is 61.7. The highest BCUT2D eigenvalue weighted by molar-refractivity contribution is 7.89. The van der Waals surface area contributed by atoms with Gasteiger partial charge < -0.3 is 5.32 Å². The zero-order valence-electron chi connectivity index (χ0n) is 9.63. The lowest BCUT2D eigenvalue weighted by Gasteiger charge is -2.32. The first-order valence-corrected chi connectivity index (χ1v) is 7.07. The zero-order chi connectivity index (χ0) is 13.1. The SMILES string of the molecule is CNCCS(=O)(=O)N1CCC(C(F)(F)F)CC1. The minimum Gasteiger partial charge on any atom is -0.319 e. The van der Waals surface area contributed by atoms with Crippen molar-refractivity contribution in [2.75, 3.05) is 32.4 Å². The average molecular weight is 274 g/mol. The molecule has 1 aliphatic rings. The molecular formula is C9H17F3N2O2S. The van der Waals surface area contributed by atoms with Gasteiger partial charge in [-0.1, -0.05) is 0 Å². The number of hydrogen-bond donors (Lipinski definition) is 1. The summed E-state index contributed by atoms with van der Waals surface area (Å²) in [7, 11) is -1.78. The molecule has 102 valence electrons. The van der Waals surface area contributed by atoms with E-state index < -0.39 is 22.1 Å². The molecule has 8 heteroatoms. The Morgan fingerprint density at radius 1 is 1.29 bits per heavy atom. The third-order valence-corrected chi connectivity index (χ3v) is 4.79. The van der Waals surface area contributed by atoms with E-state index in [2.05, 4.69) is 5.32 Å². The fourth-order valence-electron chi connectivity index (χ4n) is 1.82. The number of hydrogen-bond acceptors (Lipinski definition) is 3. The number of piperidine rings is 1. The predicted octanol–water partition coefficient (Wildman–Crippen LogP) is 0.810. The fourth-order valence-corrected chi connectivity index (χ4v) is 3.31. The summed E-state index contributed by atoms with van der Waals surface area (Å²) in [5.41, 5.74) is 0. The summed E-state index contributed by atoms with van der Waals surface area (Å²) in [6.45, 7) is 0.244. The predicted molar refractivity (Wildman–Crippen MR) is 58.1 cm³/mol. The summed E-state index contributed by atoms with van der Waals surface area (Å²) in [5.74, 6) is -1.43. The Morgan fingerprint density at radius 2 is 1.82 bits per heavy atom. The molecule has 0 aromatic rings. The third-order valence-electron chi connectivity index (χ3n) is 2.92. The van der Waals surface area contributed by atoms with Crippen molar-refractivity contribution in [3.8, 4) is 0 Å². The summed E-state index contributed by atoms with van der Waals surface area (Å²) >= 11 is 0. The molecule has 1 N–H and O–H groups in total. The quantitative estimate of drug-likeness (QED) is 0.825. The Morgan fingerprint density at radius 3 is 2.24 bits per heavy atom. The molecule has 0 amide bonds. The minimum absolute atomic E-state index is 0.0315. The number of nitrogens with one attached hydrogen (secondary N) is 1. The molecule has 1 heterocycles. The monoisotopic (exact) mass is 274 g/mol. The number of nitrogens with zero attached hydrogens (tertiary/aromatic N) is 1. The van der Waals surface area contributed by atoms with E-state index in [1.807, 2.05) is 0 Å². The molecule has 0 unspecified atom stereocenters. The van der Waals surface area contributed by atoms with Gasteiger partial charge in [0.1, 0.15) is 0 Å². The second-order valence-corrected chi connectivity index (χ2v) is 6.22. The molecule has 0 atom stereocenters. The topological polar surface area (TPSA) is 49.4 Å². The molecule has 1 fully saturated rings. The van der Waals surface area contributed by atoms with E-state index >= 15 is 0 Å². The fraction of sp³-hybridized carbons (Fsp3) is 1.00. The highest BCUT2D eigenvalue weighted by atomic mass is 32.2. The van der Waals surface area contributed by atoms with Crippen molar-refractivity contribution in [2.24, 2.45) is 5.92 Å². The lowest BCUT2D eigenvalue weighted by molar-refractivity contribution is -0.182. The standard InChI is InChI=1S/C9H17F3N2O2S/c1-13-4-7-17(15,16)14-5-2-8(3-6-14)9(10,11)12/h8,13H,2-7H2,1H3. The highest BCUT2D eigenvalue weighted by Crippen LogP contribution is 2.34. The van der Waals surface area contributed by atoms with E-state index in [4.69, 9.17) is 0 Å². The van der Waals surface area contributed by atoms with E-state index in [1.165, 1.54) is 0 Å². The van der Waals surface area contributed by atoms with E-state index in [-0.39, 0.29) is 31.7 Å². The van der Waals surface area contributed by atoms with E-state index in [0.717, 1.165) is 4.31 Å². The summed E-state index contributed by atoms with van der Waals surface area (Å²) in [6, 6.07) is 0. The number of halogens is 3. The third kappa shape index (κ3) is 4.11. The van der Waals surface area contributed by atoms with Crippen molar-refractivity contribution >= 4 is 10.0 Å². The molecule has 0 saturated carbocycles. The van der Waals surface area contributed by atoms with Gasteiger partial charge in [0.2, 0.25) is 10.0 Å². The molecule has 0 bridgehead atoms. The molecule has 0 spiro atoms. The van der Waals surface area contributed by atoms with Crippen LogP contribution >= 0.6 is 0 Å². The molecule has 1 saturated heterocycles. The molecular weight excluding hydrogens is 257 g/mol. The summed E-state index contributed by atoms with van der Waals surface area (Å²) in [5, 5.41) is 2.71. The molecule has 17 heavy (non-hydrogen) atoms. The Balaban J connectivity index is 2.52. The molecule has 0 aromatic heterocycles. The van der Waals surface area contributed by atoms with Gasteiger partial charge in [-0.25, -0.2) is 12.7 Å². The van der Waals surface area contributed by atoms with Crippen molar-refractivity contribution < 1.29 is 21.6 Å². The maximum absolute atomic E-state index is 12.4. The van der Waals surface area contributed by atoms with Crippen molar-refractivity contribution in [3.05, 3.63) is 0 Å². The van der Waals surface area contributed by atoms with Gasteiger partial charge in [0.05, 0.1) is 11.7 Å². The van der Waals surface area contributed by atoms with Crippen LogP contribution in [-0.4, -0.2) is 51.3 Å². The smallest absolute Gasteiger partial charge is 0.319 e. The van der Waals surface area contributed by atoms with Gasteiger partial charge >= 0.3 is 6.18 Å². The Labute approximate surface area is 99.2 Å². The van der Waals surface area contributed by atoms with Crippen LogP contribution in [-0.2, 0) is 10.0 Å².